The highest BCUT2D eigenvalue weighted by molar-refractivity contribution is 6.08. The summed E-state index contributed by atoms with van der Waals surface area (Å²) in [6.45, 7) is 2.94. The summed E-state index contributed by atoms with van der Waals surface area (Å²) in [7, 11) is 0. The lowest BCUT2D eigenvalue weighted by molar-refractivity contribution is 0.102. The van der Waals surface area contributed by atoms with Crippen molar-refractivity contribution in [1.29, 1.82) is 0 Å². The van der Waals surface area contributed by atoms with E-state index < -0.39 is 0 Å². The van der Waals surface area contributed by atoms with Crippen molar-refractivity contribution in [3.63, 3.8) is 0 Å². The third-order valence-corrected chi connectivity index (χ3v) is 5.30. The van der Waals surface area contributed by atoms with Gasteiger partial charge in [0.25, 0.3) is 5.91 Å². The number of hydrogen-bond donors (Lipinski definition) is 1. The summed E-state index contributed by atoms with van der Waals surface area (Å²) in [5.41, 5.74) is 2.81. The molecule has 0 bridgehead atoms. The zero-order valence-electron chi connectivity index (χ0n) is 16.4. The van der Waals surface area contributed by atoms with Crippen LogP contribution in [-0.2, 0) is 4.74 Å². The van der Waals surface area contributed by atoms with Crippen LogP contribution in [0, 0.1) is 0 Å². The maximum Gasteiger partial charge on any atom is 0.278 e. The standard InChI is InChI=1S/C24H21N3O3/c28-24(26-20-7-3-4-8-21(20)27-11-13-29-14-12-27)22-23(30-16-25-22)19-10-9-17-5-1-2-6-18(17)15-19/h1-10,15-16H,11-14H2,(H,26,28). The molecule has 6 heteroatoms. The van der Waals surface area contributed by atoms with Crippen LogP contribution < -0.4 is 10.2 Å². The van der Waals surface area contributed by atoms with Gasteiger partial charge in [-0.2, -0.15) is 0 Å². The van der Waals surface area contributed by atoms with Crippen molar-refractivity contribution in [3.05, 3.63) is 78.8 Å². The highest BCUT2D eigenvalue weighted by Crippen LogP contribution is 2.30. The monoisotopic (exact) mass is 399 g/mol. The Morgan fingerprint density at radius 2 is 1.70 bits per heavy atom. The third-order valence-electron chi connectivity index (χ3n) is 5.30. The number of rotatable bonds is 4. The minimum absolute atomic E-state index is 0.266. The summed E-state index contributed by atoms with van der Waals surface area (Å²) < 4.78 is 11.1. The first-order valence-corrected chi connectivity index (χ1v) is 9.95. The average molecular weight is 399 g/mol. The van der Waals surface area contributed by atoms with Gasteiger partial charge in [0, 0.05) is 18.7 Å². The van der Waals surface area contributed by atoms with E-state index in [0.717, 1.165) is 40.8 Å². The quantitative estimate of drug-likeness (QED) is 0.544. The lowest BCUT2D eigenvalue weighted by Gasteiger charge is -2.30. The number of para-hydroxylation sites is 2. The van der Waals surface area contributed by atoms with Crippen LogP contribution in [0.15, 0.2) is 77.5 Å². The Kier molecular flexibility index (Phi) is 4.91. The molecule has 1 aliphatic rings. The molecule has 1 N–H and O–H groups in total. The summed E-state index contributed by atoms with van der Waals surface area (Å²) in [6, 6.07) is 21.8. The van der Waals surface area contributed by atoms with Crippen LogP contribution in [0.5, 0.6) is 0 Å². The van der Waals surface area contributed by atoms with Gasteiger partial charge in [0.1, 0.15) is 0 Å². The van der Waals surface area contributed by atoms with E-state index >= 15 is 0 Å². The molecule has 30 heavy (non-hydrogen) atoms. The summed E-state index contributed by atoms with van der Waals surface area (Å²) >= 11 is 0. The molecule has 1 amide bonds. The van der Waals surface area contributed by atoms with E-state index in [-0.39, 0.29) is 11.6 Å². The molecule has 0 spiro atoms. The Morgan fingerprint density at radius 3 is 2.57 bits per heavy atom. The normalized spacial score (nSPS) is 14.1. The number of carbonyl (C=O) groups excluding carboxylic acids is 1. The predicted octanol–water partition coefficient (Wildman–Crippen LogP) is 4.58. The van der Waals surface area contributed by atoms with E-state index in [1.54, 1.807) is 0 Å². The molecule has 3 aromatic carbocycles. The van der Waals surface area contributed by atoms with Crippen LogP contribution in [0.3, 0.4) is 0 Å². The Labute approximate surface area is 174 Å². The molecule has 1 saturated heterocycles. The molecule has 1 aliphatic heterocycles. The summed E-state index contributed by atoms with van der Waals surface area (Å²) in [6.07, 6.45) is 1.31. The molecule has 2 heterocycles. The van der Waals surface area contributed by atoms with Crippen LogP contribution in [0.1, 0.15) is 10.5 Å². The summed E-state index contributed by atoms with van der Waals surface area (Å²) in [5.74, 6) is 0.162. The van der Waals surface area contributed by atoms with Gasteiger partial charge < -0.3 is 19.4 Å². The highest BCUT2D eigenvalue weighted by atomic mass is 16.5. The third kappa shape index (κ3) is 3.53. The second kappa shape index (κ2) is 8.00. The number of oxazole rings is 1. The number of benzene rings is 3. The maximum absolute atomic E-state index is 13.1. The van der Waals surface area contributed by atoms with Gasteiger partial charge in [0.15, 0.2) is 17.8 Å². The number of nitrogens with zero attached hydrogens (tertiary/aromatic N) is 2. The van der Waals surface area contributed by atoms with Crippen molar-refractivity contribution in [1.82, 2.24) is 4.98 Å². The van der Waals surface area contributed by atoms with Crippen LogP contribution in [0.4, 0.5) is 11.4 Å². The Balaban J connectivity index is 1.44. The number of morpholine rings is 1. The van der Waals surface area contributed by atoms with Gasteiger partial charge in [0.2, 0.25) is 0 Å². The number of aromatic nitrogens is 1. The van der Waals surface area contributed by atoms with Crippen molar-refractivity contribution >= 4 is 28.1 Å². The highest BCUT2D eigenvalue weighted by Gasteiger charge is 2.21. The first-order chi connectivity index (χ1) is 14.8. The predicted molar refractivity (Wildman–Crippen MR) is 117 cm³/mol. The molecular formula is C24H21N3O3. The van der Waals surface area contributed by atoms with Crippen molar-refractivity contribution in [2.75, 3.05) is 36.5 Å². The molecule has 150 valence electrons. The number of amides is 1. The Hall–Kier alpha value is -3.64. The number of nitrogens with one attached hydrogen (secondary N) is 1. The summed E-state index contributed by atoms with van der Waals surface area (Å²) in [4.78, 5) is 19.5. The van der Waals surface area contributed by atoms with Crippen molar-refractivity contribution in [2.45, 2.75) is 0 Å². The molecule has 0 aliphatic carbocycles. The molecule has 1 aromatic heterocycles. The number of hydrogen-bond acceptors (Lipinski definition) is 5. The van der Waals surface area contributed by atoms with Crippen LogP contribution >= 0.6 is 0 Å². The first-order valence-electron chi connectivity index (χ1n) is 9.95. The molecule has 0 radical (unpaired) electrons. The van der Waals surface area contributed by atoms with Gasteiger partial charge in [-0.25, -0.2) is 4.98 Å². The lowest BCUT2D eigenvalue weighted by atomic mass is 10.0. The molecule has 1 fully saturated rings. The second-order valence-corrected chi connectivity index (χ2v) is 7.16. The SMILES string of the molecule is O=C(Nc1ccccc1N1CCOCC1)c1ncoc1-c1ccc2ccccc2c1. The van der Waals surface area contributed by atoms with E-state index in [1.165, 1.54) is 6.39 Å². The Morgan fingerprint density at radius 1 is 0.933 bits per heavy atom. The van der Waals surface area contributed by atoms with Crippen molar-refractivity contribution < 1.29 is 13.9 Å². The molecule has 5 rings (SSSR count). The van der Waals surface area contributed by atoms with Gasteiger partial charge in [-0.3, -0.25) is 4.79 Å². The molecular weight excluding hydrogens is 378 g/mol. The maximum atomic E-state index is 13.1. The van der Waals surface area contributed by atoms with E-state index in [9.17, 15) is 4.79 Å². The van der Waals surface area contributed by atoms with Gasteiger partial charge in [-0.05, 0) is 29.0 Å². The first kappa shape index (κ1) is 18.4. The minimum atomic E-state index is -0.299. The fourth-order valence-electron chi connectivity index (χ4n) is 3.78. The van der Waals surface area contributed by atoms with Crippen LogP contribution in [-0.4, -0.2) is 37.2 Å². The topological polar surface area (TPSA) is 67.6 Å². The Bertz CT molecular complexity index is 1200. The smallest absolute Gasteiger partial charge is 0.278 e. The zero-order valence-corrected chi connectivity index (χ0v) is 16.4. The number of fused-ring (bicyclic) bond motifs is 1. The van der Waals surface area contributed by atoms with E-state index in [1.807, 2.05) is 60.7 Å². The van der Waals surface area contributed by atoms with Gasteiger partial charge in [-0.1, -0.05) is 48.5 Å². The number of ether oxygens (including phenoxy) is 1. The van der Waals surface area contributed by atoms with Crippen molar-refractivity contribution in [2.24, 2.45) is 0 Å². The van der Waals surface area contributed by atoms with E-state index in [4.69, 9.17) is 9.15 Å². The molecule has 0 unspecified atom stereocenters. The van der Waals surface area contributed by atoms with E-state index in [2.05, 4.69) is 21.3 Å². The van der Waals surface area contributed by atoms with Crippen LogP contribution in [0.25, 0.3) is 22.1 Å². The molecule has 4 aromatic rings. The number of anilines is 2. The summed E-state index contributed by atoms with van der Waals surface area (Å²) in [5, 5.41) is 5.22. The fraction of sp³-hybridized carbons (Fsp3) is 0.167. The lowest BCUT2D eigenvalue weighted by Crippen LogP contribution is -2.36. The minimum Gasteiger partial charge on any atom is -0.443 e. The van der Waals surface area contributed by atoms with Gasteiger partial charge >= 0.3 is 0 Å². The average Bonchev–Trinajstić information content (AvgIpc) is 3.30. The van der Waals surface area contributed by atoms with Crippen molar-refractivity contribution in [3.8, 4) is 11.3 Å². The van der Waals surface area contributed by atoms with Crippen LogP contribution in [0.2, 0.25) is 0 Å². The number of carbonyl (C=O) groups is 1. The zero-order chi connectivity index (χ0) is 20.3. The molecule has 0 atom stereocenters. The van der Waals surface area contributed by atoms with E-state index in [0.29, 0.717) is 19.0 Å². The van der Waals surface area contributed by atoms with Gasteiger partial charge in [-0.15, -0.1) is 0 Å². The second-order valence-electron chi connectivity index (χ2n) is 7.16. The largest absolute Gasteiger partial charge is 0.443 e. The molecule has 6 nitrogen and oxygen atoms in total. The fourth-order valence-corrected chi connectivity index (χ4v) is 3.78. The molecule has 0 saturated carbocycles. The van der Waals surface area contributed by atoms with Gasteiger partial charge in [0.05, 0.1) is 24.6 Å².